The van der Waals surface area contributed by atoms with Crippen molar-refractivity contribution in [3.63, 3.8) is 0 Å². The lowest BCUT2D eigenvalue weighted by molar-refractivity contribution is -0.141. The summed E-state index contributed by atoms with van der Waals surface area (Å²) in [6, 6.07) is -0.848. The van der Waals surface area contributed by atoms with E-state index in [1.165, 1.54) is 24.2 Å². The van der Waals surface area contributed by atoms with E-state index in [0.29, 0.717) is 19.4 Å². The number of carbonyl (C=O) groups is 3. The highest BCUT2D eigenvalue weighted by Crippen LogP contribution is 2.29. The number of urea groups is 1. The van der Waals surface area contributed by atoms with Crippen LogP contribution in [0.2, 0.25) is 0 Å². The van der Waals surface area contributed by atoms with Crippen LogP contribution < -0.4 is 5.32 Å². The molecule has 1 N–H and O–H groups in total. The summed E-state index contributed by atoms with van der Waals surface area (Å²) in [6.07, 6.45) is 1.26. The zero-order valence-corrected chi connectivity index (χ0v) is 10.9. The SMILES string of the molecule is COC(=O)CNC(=O)[C@@H]1CC[C@@H]2CN1C(=O)N2OC. The Morgan fingerprint density at radius 1 is 1.37 bits per heavy atom. The maximum absolute atomic E-state index is 12.0. The van der Waals surface area contributed by atoms with E-state index in [1.54, 1.807) is 0 Å². The van der Waals surface area contributed by atoms with Crippen molar-refractivity contribution in [1.29, 1.82) is 0 Å². The number of rotatable bonds is 4. The molecule has 0 aromatic rings. The number of carbonyl (C=O) groups excluding carboxylic acids is 3. The quantitative estimate of drug-likeness (QED) is 0.670. The number of nitrogens with one attached hydrogen (secondary N) is 1. The third kappa shape index (κ3) is 2.48. The Labute approximate surface area is 110 Å². The number of nitrogens with zero attached hydrogens (tertiary/aromatic N) is 2. The minimum absolute atomic E-state index is 0.00200. The van der Waals surface area contributed by atoms with Gasteiger partial charge in [0.05, 0.1) is 20.3 Å². The van der Waals surface area contributed by atoms with Crippen molar-refractivity contribution in [1.82, 2.24) is 15.3 Å². The van der Waals surface area contributed by atoms with Crippen LogP contribution in [0.25, 0.3) is 0 Å². The average molecular weight is 271 g/mol. The molecule has 0 saturated carbocycles. The van der Waals surface area contributed by atoms with Gasteiger partial charge in [-0.15, -0.1) is 0 Å². The molecule has 19 heavy (non-hydrogen) atoms. The molecule has 0 aromatic heterocycles. The lowest BCUT2D eigenvalue weighted by Crippen LogP contribution is -2.50. The van der Waals surface area contributed by atoms with Gasteiger partial charge in [0.1, 0.15) is 12.6 Å². The summed E-state index contributed by atoms with van der Waals surface area (Å²) < 4.78 is 4.44. The molecule has 106 valence electrons. The van der Waals surface area contributed by atoms with Crippen LogP contribution in [-0.4, -0.2) is 67.3 Å². The van der Waals surface area contributed by atoms with Crippen LogP contribution >= 0.6 is 0 Å². The molecule has 2 bridgehead atoms. The lowest BCUT2D eigenvalue weighted by atomic mass is 10.0. The second kappa shape index (κ2) is 5.43. The Morgan fingerprint density at radius 2 is 2.11 bits per heavy atom. The number of amides is 3. The Kier molecular flexibility index (Phi) is 3.89. The maximum Gasteiger partial charge on any atom is 0.345 e. The van der Waals surface area contributed by atoms with E-state index < -0.39 is 12.0 Å². The Balaban J connectivity index is 1.97. The Morgan fingerprint density at radius 3 is 2.74 bits per heavy atom. The average Bonchev–Trinajstić information content (AvgIpc) is 2.67. The molecular formula is C11H17N3O5. The number of piperidine rings is 1. The first-order valence-electron chi connectivity index (χ1n) is 6.07. The van der Waals surface area contributed by atoms with Gasteiger partial charge in [-0.25, -0.2) is 4.79 Å². The summed E-state index contributed by atoms with van der Waals surface area (Å²) in [5.41, 5.74) is 0. The molecule has 3 amide bonds. The minimum Gasteiger partial charge on any atom is -0.468 e. The number of ether oxygens (including phenoxy) is 1. The molecule has 2 atom stereocenters. The monoisotopic (exact) mass is 271 g/mol. The number of hydrogen-bond acceptors (Lipinski definition) is 5. The van der Waals surface area contributed by atoms with Gasteiger partial charge in [0, 0.05) is 6.54 Å². The summed E-state index contributed by atoms with van der Waals surface area (Å²) in [5.74, 6) is -0.858. The molecule has 8 nitrogen and oxygen atoms in total. The summed E-state index contributed by atoms with van der Waals surface area (Å²) >= 11 is 0. The third-order valence-electron chi connectivity index (χ3n) is 3.46. The molecule has 2 aliphatic heterocycles. The molecular weight excluding hydrogens is 254 g/mol. The summed E-state index contributed by atoms with van der Waals surface area (Å²) in [4.78, 5) is 41.4. The highest BCUT2D eigenvalue weighted by molar-refractivity contribution is 5.90. The molecule has 2 saturated heterocycles. The molecule has 0 unspecified atom stereocenters. The largest absolute Gasteiger partial charge is 0.468 e. The fraction of sp³-hybridized carbons (Fsp3) is 0.727. The van der Waals surface area contributed by atoms with E-state index >= 15 is 0 Å². The predicted molar refractivity (Wildman–Crippen MR) is 62.8 cm³/mol. The molecule has 0 aliphatic carbocycles. The predicted octanol–water partition coefficient (Wildman–Crippen LogP) is -0.894. The van der Waals surface area contributed by atoms with Crippen LogP contribution in [0.15, 0.2) is 0 Å². The van der Waals surface area contributed by atoms with Crippen molar-refractivity contribution >= 4 is 17.9 Å². The van der Waals surface area contributed by atoms with Gasteiger partial charge >= 0.3 is 12.0 Å². The number of fused-ring (bicyclic) bond motifs is 2. The number of hydrogen-bond donors (Lipinski definition) is 1. The Bertz CT molecular complexity index is 400. The summed E-state index contributed by atoms with van der Waals surface area (Å²) in [7, 11) is 2.69. The Hall–Kier alpha value is -1.83. The van der Waals surface area contributed by atoms with Crippen LogP contribution in [0.3, 0.4) is 0 Å². The van der Waals surface area contributed by atoms with Gasteiger partial charge in [0.25, 0.3) is 0 Å². The van der Waals surface area contributed by atoms with Gasteiger partial charge in [0.2, 0.25) is 5.91 Å². The smallest absolute Gasteiger partial charge is 0.345 e. The first-order valence-corrected chi connectivity index (χ1v) is 6.07. The van der Waals surface area contributed by atoms with Crippen molar-refractivity contribution in [3.8, 4) is 0 Å². The fourth-order valence-electron chi connectivity index (χ4n) is 2.49. The summed E-state index contributed by atoms with van der Waals surface area (Å²) in [6.45, 7) is 0.286. The number of methoxy groups -OCH3 is 1. The molecule has 0 radical (unpaired) electrons. The highest BCUT2D eigenvalue weighted by atomic mass is 16.7. The zero-order chi connectivity index (χ0) is 14.0. The van der Waals surface area contributed by atoms with Gasteiger partial charge in [0.15, 0.2) is 0 Å². The van der Waals surface area contributed by atoms with Crippen LogP contribution in [-0.2, 0) is 19.2 Å². The molecule has 2 aliphatic rings. The minimum atomic E-state index is -0.548. The summed E-state index contributed by atoms with van der Waals surface area (Å²) in [5, 5.41) is 3.77. The second-order valence-corrected chi connectivity index (χ2v) is 4.48. The van der Waals surface area contributed by atoms with Crippen molar-refractivity contribution in [2.45, 2.75) is 24.9 Å². The third-order valence-corrected chi connectivity index (χ3v) is 3.46. The molecule has 8 heteroatoms. The van der Waals surface area contributed by atoms with E-state index in [0.717, 1.165) is 0 Å². The molecule has 2 heterocycles. The number of hydroxylamine groups is 2. The van der Waals surface area contributed by atoms with Crippen LogP contribution in [0.1, 0.15) is 12.8 Å². The van der Waals surface area contributed by atoms with Gasteiger partial charge in [-0.1, -0.05) is 0 Å². The van der Waals surface area contributed by atoms with Crippen molar-refractivity contribution in [3.05, 3.63) is 0 Å². The molecule has 0 spiro atoms. The van der Waals surface area contributed by atoms with Gasteiger partial charge in [-0.3, -0.25) is 14.4 Å². The van der Waals surface area contributed by atoms with Crippen LogP contribution in [0, 0.1) is 0 Å². The normalized spacial score (nSPS) is 25.5. The topological polar surface area (TPSA) is 88.2 Å². The number of esters is 1. The highest BCUT2D eigenvalue weighted by Gasteiger charge is 2.47. The van der Waals surface area contributed by atoms with E-state index in [-0.39, 0.29) is 24.5 Å². The standard InChI is InChI=1S/C11H17N3O5/c1-18-9(15)5-12-10(16)8-4-3-7-6-13(8)11(17)14(7)19-2/h7-8H,3-6H2,1-2H3,(H,12,16)/t7-,8+/m1/s1. The van der Waals surface area contributed by atoms with Gasteiger partial charge in [-0.2, -0.15) is 5.06 Å². The first kappa shape index (κ1) is 13.6. The maximum atomic E-state index is 12.0. The van der Waals surface area contributed by atoms with Crippen molar-refractivity contribution < 1.29 is 24.0 Å². The van der Waals surface area contributed by atoms with E-state index in [9.17, 15) is 14.4 Å². The van der Waals surface area contributed by atoms with E-state index in [2.05, 4.69) is 10.1 Å². The molecule has 0 aromatic carbocycles. The second-order valence-electron chi connectivity index (χ2n) is 4.48. The van der Waals surface area contributed by atoms with Gasteiger partial charge in [-0.05, 0) is 12.8 Å². The first-order chi connectivity index (χ1) is 9.08. The van der Waals surface area contributed by atoms with Crippen LogP contribution in [0.4, 0.5) is 4.79 Å². The molecule has 2 fully saturated rings. The lowest BCUT2D eigenvalue weighted by Gasteiger charge is -2.29. The zero-order valence-electron chi connectivity index (χ0n) is 10.9. The van der Waals surface area contributed by atoms with E-state index in [4.69, 9.17) is 4.84 Å². The van der Waals surface area contributed by atoms with Gasteiger partial charge < -0.3 is 15.0 Å². The van der Waals surface area contributed by atoms with Crippen LogP contribution in [0.5, 0.6) is 0 Å². The van der Waals surface area contributed by atoms with Crippen molar-refractivity contribution in [2.24, 2.45) is 0 Å². The van der Waals surface area contributed by atoms with Crippen molar-refractivity contribution in [2.75, 3.05) is 27.3 Å². The molecule has 2 rings (SSSR count). The fourth-order valence-corrected chi connectivity index (χ4v) is 2.49. The van der Waals surface area contributed by atoms with E-state index in [1.807, 2.05) is 0 Å².